The summed E-state index contributed by atoms with van der Waals surface area (Å²) in [6.45, 7) is 1.66. The van der Waals surface area contributed by atoms with Crippen molar-refractivity contribution in [2.75, 3.05) is 26.7 Å². The summed E-state index contributed by atoms with van der Waals surface area (Å²) in [4.78, 5) is 18.3. The van der Waals surface area contributed by atoms with Gasteiger partial charge in [-0.2, -0.15) is 0 Å². The lowest BCUT2D eigenvalue weighted by Crippen LogP contribution is -2.36. The summed E-state index contributed by atoms with van der Waals surface area (Å²) in [7, 11) is 2.07. The Labute approximate surface area is 170 Å². The average molecular weight is 398 g/mol. The van der Waals surface area contributed by atoms with Gasteiger partial charge >= 0.3 is 0 Å². The molecule has 2 aromatic rings. The van der Waals surface area contributed by atoms with Gasteiger partial charge < -0.3 is 15.5 Å². The summed E-state index contributed by atoms with van der Waals surface area (Å²) in [6.07, 6.45) is 0.550. The van der Waals surface area contributed by atoms with E-state index < -0.39 is 0 Å². The lowest BCUT2D eigenvalue weighted by molar-refractivity contribution is -0.131. The van der Waals surface area contributed by atoms with Gasteiger partial charge in [0.25, 0.3) is 0 Å². The van der Waals surface area contributed by atoms with Crippen LogP contribution in [0.3, 0.4) is 0 Å². The SMILES string of the molecule is CN1C2=C(CN(C(=O)C(CCN)c3ccc(F)cc3)C2)C1c1ccc(S)cc1. The highest BCUT2D eigenvalue weighted by Gasteiger charge is 2.43. The van der Waals surface area contributed by atoms with Gasteiger partial charge in [-0.25, -0.2) is 4.39 Å². The van der Waals surface area contributed by atoms with Gasteiger partial charge in [-0.1, -0.05) is 24.3 Å². The Bertz CT molecular complexity index is 910. The van der Waals surface area contributed by atoms with Crippen LogP contribution in [-0.4, -0.2) is 42.4 Å². The molecule has 0 aliphatic carbocycles. The fourth-order valence-electron chi connectivity index (χ4n) is 4.29. The number of carbonyl (C=O) groups is 1. The van der Waals surface area contributed by atoms with Crippen LogP contribution in [0.25, 0.3) is 0 Å². The summed E-state index contributed by atoms with van der Waals surface area (Å²) in [5, 5.41) is 0. The van der Waals surface area contributed by atoms with Crippen molar-refractivity contribution >= 4 is 18.5 Å². The lowest BCUT2D eigenvalue weighted by Gasteiger charge is -2.41. The predicted octanol–water partition coefficient (Wildman–Crippen LogP) is 3.33. The van der Waals surface area contributed by atoms with Crippen LogP contribution in [0.15, 0.2) is 64.7 Å². The Morgan fingerprint density at radius 2 is 1.86 bits per heavy atom. The molecule has 2 aliphatic heterocycles. The van der Waals surface area contributed by atoms with Crippen molar-refractivity contribution in [3.63, 3.8) is 0 Å². The molecular weight excluding hydrogens is 373 g/mol. The Kier molecular flexibility index (Phi) is 5.17. The van der Waals surface area contributed by atoms with Crippen LogP contribution < -0.4 is 5.73 Å². The third-order valence-electron chi connectivity index (χ3n) is 5.76. The Morgan fingerprint density at radius 3 is 2.50 bits per heavy atom. The number of benzene rings is 2. The zero-order valence-corrected chi connectivity index (χ0v) is 16.7. The van der Waals surface area contributed by atoms with Gasteiger partial charge in [-0.3, -0.25) is 4.79 Å². The number of halogens is 1. The maximum absolute atomic E-state index is 13.3. The van der Waals surface area contributed by atoms with E-state index in [0.29, 0.717) is 26.1 Å². The van der Waals surface area contributed by atoms with Gasteiger partial charge in [0, 0.05) is 24.2 Å². The molecule has 6 heteroatoms. The molecule has 28 heavy (non-hydrogen) atoms. The molecule has 2 aliphatic rings. The molecule has 4 nitrogen and oxygen atoms in total. The maximum Gasteiger partial charge on any atom is 0.230 e. The molecule has 1 amide bonds. The van der Waals surface area contributed by atoms with E-state index in [2.05, 4.69) is 36.7 Å². The normalized spacial score (nSPS) is 19.5. The Morgan fingerprint density at radius 1 is 1.18 bits per heavy atom. The van der Waals surface area contributed by atoms with Crippen LogP contribution in [-0.2, 0) is 4.79 Å². The number of rotatable bonds is 5. The number of hydrogen-bond donors (Lipinski definition) is 2. The molecule has 0 saturated carbocycles. The molecule has 4 rings (SSSR count). The number of carbonyl (C=O) groups excluding carboxylic acids is 1. The first kappa shape index (κ1) is 19.0. The molecule has 0 aromatic heterocycles. The van der Waals surface area contributed by atoms with Crippen LogP contribution in [0.1, 0.15) is 29.5 Å². The van der Waals surface area contributed by atoms with Crippen LogP contribution in [0.5, 0.6) is 0 Å². The van der Waals surface area contributed by atoms with Crippen LogP contribution in [0.2, 0.25) is 0 Å². The number of nitrogens with zero attached hydrogens (tertiary/aromatic N) is 2. The molecule has 2 heterocycles. The Balaban J connectivity index is 1.51. The second-order valence-corrected chi connectivity index (χ2v) is 7.97. The molecule has 2 aromatic carbocycles. The number of amides is 1. The van der Waals surface area contributed by atoms with Crippen molar-refractivity contribution in [2.45, 2.75) is 23.3 Å². The van der Waals surface area contributed by atoms with E-state index in [9.17, 15) is 9.18 Å². The number of nitrogens with two attached hydrogens (primary N) is 1. The number of likely N-dealkylation sites (N-methyl/N-ethyl adjacent to an activating group) is 1. The first-order chi connectivity index (χ1) is 13.5. The molecule has 2 unspecified atom stereocenters. The fraction of sp³-hybridized carbons (Fsp3) is 0.318. The first-order valence-corrected chi connectivity index (χ1v) is 9.92. The van der Waals surface area contributed by atoms with Gasteiger partial charge in [0.2, 0.25) is 5.91 Å². The molecule has 0 fully saturated rings. The molecule has 0 bridgehead atoms. The summed E-state index contributed by atoms with van der Waals surface area (Å²) >= 11 is 4.36. The van der Waals surface area contributed by atoms with E-state index in [1.165, 1.54) is 29.0 Å². The second-order valence-electron chi connectivity index (χ2n) is 7.45. The minimum absolute atomic E-state index is 0.0596. The monoisotopic (exact) mass is 397 g/mol. The zero-order chi connectivity index (χ0) is 19.8. The first-order valence-electron chi connectivity index (χ1n) is 9.47. The molecule has 0 saturated heterocycles. The van der Waals surface area contributed by atoms with Crippen molar-refractivity contribution < 1.29 is 9.18 Å². The van der Waals surface area contributed by atoms with E-state index in [4.69, 9.17) is 5.73 Å². The van der Waals surface area contributed by atoms with E-state index in [1.807, 2.05) is 17.0 Å². The minimum atomic E-state index is -0.337. The van der Waals surface area contributed by atoms with Gasteiger partial charge in [0.15, 0.2) is 0 Å². The van der Waals surface area contributed by atoms with Crippen molar-refractivity contribution in [1.29, 1.82) is 0 Å². The standard InChI is InChI=1S/C22H24FN3OS/c1-25-20-13-26(12-19(20)21(25)15-4-8-17(28)9-5-15)22(27)18(10-11-24)14-2-6-16(23)7-3-14/h2-9,18,21,28H,10-13,24H2,1H3. The quantitative estimate of drug-likeness (QED) is 0.761. The van der Waals surface area contributed by atoms with Gasteiger partial charge in [-0.15, -0.1) is 12.6 Å². The lowest BCUT2D eigenvalue weighted by atomic mass is 9.90. The van der Waals surface area contributed by atoms with Crippen LogP contribution in [0, 0.1) is 5.82 Å². The summed E-state index contributed by atoms with van der Waals surface area (Å²) < 4.78 is 13.3. The Hall–Kier alpha value is -2.31. The molecular formula is C22H24FN3OS. The second kappa shape index (κ2) is 7.60. The largest absolute Gasteiger partial charge is 0.365 e. The molecule has 0 radical (unpaired) electrons. The zero-order valence-electron chi connectivity index (χ0n) is 15.8. The third-order valence-corrected chi connectivity index (χ3v) is 6.06. The maximum atomic E-state index is 13.3. The van der Waals surface area contributed by atoms with Crippen molar-refractivity contribution in [3.05, 3.63) is 76.7 Å². The van der Waals surface area contributed by atoms with Crippen molar-refractivity contribution in [3.8, 4) is 0 Å². The average Bonchev–Trinajstić information content (AvgIpc) is 3.08. The highest BCUT2D eigenvalue weighted by atomic mass is 32.1. The van der Waals surface area contributed by atoms with Gasteiger partial charge in [-0.05, 0) is 53.9 Å². The highest BCUT2D eigenvalue weighted by molar-refractivity contribution is 7.80. The predicted molar refractivity (Wildman–Crippen MR) is 111 cm³/mol. The summed E-state index contributed by atoms with van der Waals surface area (Å²) in [6, 6.07) is 14.6. The van der Waals surface area contributed by atoms with E-state index in [1.54, 1.807) is 12.1 Å². The van der Waals surface area contributed by atoms with Crippen LogP contribution >= 0.6 is 12.6 Å². The van der Waals surface area contributed by atoms with Crippen LogP contribution in [0.4, 0.5) is 4.39 Å². The molecule has 146 valence electrons. The van der Waals surface area contributed by atoms with Gasteiger partial charge in [0.05, 0.1) is 18.5 Å². The fourth-order valence-corrected chi connectivity index (χ4v) is 4.44. The van der Waals surface area contributed by atoms with Crippen molar-refractivity contribution in [2.24, 2.45) is 5.73 Å². The number of thiol groups is 1. The van der Waals surface area contributed by atoms with Crippen molar-refractivity contribution in [1.82, 2.24) is 9.80 Å². The molecule has 0 spiro atoms. The third kappa shape index (κ3) is 3.31. The smallest absolute Gasteiger partial charge is 0.230 e. The minimum Gasteiger partial charge on any atom is -0.365 e. The van der Waals surface area contributed by atoms with Gasteiger partial charge in [0.1, 0.15) is 5.82 Å². The number of hydrogen-bond acceptors (Lipinski definition) is 4. The summed E-state index contributed by atoms with van der Waals surface area (Å²) in [5.74, 6) is -0.578. The molecule has 2 N–H and O–H groups in total. The highest BCUT2D eigenvalue weighted by Crippen LogP contribution is 2.46. The topological polar surface area (TPSA) is 49.6 Å². The van der Waals surface area contributed by atoms with E-state index >= 15 is 0 Å². The van der Waals surface area contributed by atoms with E-state index in [-0.39, 0.29) is 23.7 Å². The molecule has 2 atom stereocenters. The summed E-state index contributed by atoms with van der Waals surface area (Å²) in [5.41, 5.74) is 10.3. The van der Waals surface area contributed by atoms with E-state index in [0.717, 1.165) is 10.5 Å².